The second-order valence-electron chi connectivity index (χ2n) is 6.52. The number of amides is 2. The second-order valence-corrected chi connectivity index (χ2v) is 7.39. The molecule has 0 aliphatic carbocycles. The van der Waals surface area contributed by atoms with Crippen LogP contribution in [0, 0.1) is 6.92 Å². The van der Waals surface area contributed by atoms with Gasteiger partial charge in [-0.05, 0) is 74.0 Å². The van der Waals surface area contributed by atoms with Crippen molar-refractivity contribution >= 4 is 46.4 Å². The van der Waals surface area contributed by atoms with Gasteiger partial charge in [0.05, 0.1) is 12.3 Å². The van der Waals surface area contributed by atoms with Crippen LogP contribution in [0.25, 0.3) is 0 Å². The van der Waals surface area contributed by atoms with Crippen molar-refractivity contribution < 1.29 is 14.3 Å². The molecule has 0 aliphatic rings. The van der Waals surface area contributed by atoms with Crippen molar-refractivity contribution in [2.75, 3.05) is 17.2 Å². The highest BCUT2D eigenvalue weighted by atomic mass is 35.5. The Morgan fingerprint density at radius 1 is 0.800 bits per heavy atom. The van der Waals surface area contributed by atoms with Gasteiger partial charge in [-0.25, -0.2) is 0 Å². The van der Waals surface area contributed by atoms with Crippen molar-refractivity contribution in [2.24, 2.45) is 0 Å². The van der Waals surface area contributed by atoms with Gasteiger partial charge in [-0.2, -0.15) is 0 Å². The van der Waals surface area contributed by atoms with E-state index in [4.69, 9.17) is 27.9 Å². The second kappa shape index (κ2) is 9.65. The van der Waals surface area contributed by atoms with Crippen LogP contribution in [0.3, 0.4) is 0 Å². The SMILES string of the molecule is CCOc1cc(NC(=O)c2ccc(Cl)cc2)c(C)cc1NC(=O)c1ccc(Cl)cc1. The maximum Gasteiger partial charge on any atom is 0.255 e. The molecule has 0 atom stereocenters. The first-order valence-corrected chi connectivity index (χ1v) is 10.0. The summed E-state index contributed by atoms with van der Waals surface area (Å²) in [6, 6.07) is 16.7. The molecular weight excluding hydrogens is 423 g/mol. The number of benzene rings is 3. The van der Waals surface area contributed by atoms with Crippen molar-refractivity contribution in [1.82, 2.24) is 0 Å². The molecule has 0 unspecified atom stereocenters. The average Bonchev–Trinajstić information content (AvgIpc) is 2.72. The van der Waals surface area contributed by atoms with E-state index in [1.807, 2.05) is 13.8 Å². The number of anilines is 2. The summed E-state index contributed by atoms with van der Waals surface area (Å²) in [5.41, 5.74) is 2.82. The molecular formula is C23H20Cl2N2O3. The summed E-state index contributed by atoms with van der Waals surface area (Å²) in [7, 11) is 0. The Hall–Kier alpha value is -3.02. The molecule has 154 valence electrons. The Kier molecular flexibility index (Phi) is 6.98. The molecule has 0 heterocycles. The van der Waals surface area contributed by atoms with Crippen molar-refractivity contribution in [2.45, 2.75) is 13.8 Å². The number of carbonyl (C=O) groups excluding carboxylic acids is 2. The Labute approximate surface area is 185 Å². The maximum atomic E-state index is 12.6. The standard InChI is InChI=1S/C23H20Cl2N2O3/c1-3-30-21-13-19(26-22(28)15-4-8-17(24)9-5-15)14(2)12-20(21)27-23(29)16-6-10-18(25)11-7-16/h4-13H,3H2,1-2H3,(H,26,28)(H,27,29). The smallest absolute Gasteiger partial charge is 0.255 e. The third kappa shape index (κ3) is 5.32. The molecule has 0 fully saturated rings. The van der Waals surface area contributed by atoms with Crippen LogP contribution in [-0.2, 0) is 0 Å². The number of halogens is 2. The molecule has 0 spiro atoms. The van der Waals surface area contributed by atoms with Gasteiger partial charge in [0.2, 0.25) is 0 Å². The third-order valence-corrected chi connectivity index (χ3v) is 4.84. The summed E-state index contributed by atoms with van der Waals surface area (Å²) in [5, 5.41) is 6.84. The van der Waals surface area contributed by atoms with Crippen LogP contribution in [0.1, 0.15) is 33.2 Å². The van der Waals surface area contributed by atoms with Gasteiger partial charge in [0.25, 0.3) is 11.8 Å². The number of aryl methyl sites for hydroxylation is 1. The van der Waals surface area contributed by atoms with Crippen LogP contribution < -0.4 is 15.4 Å². The minimum atomic E-state index is -0.287. The van der Waals surface area contributed by atoms with E-state index >= 15 is 0 Å². The molecule has 0 bridgehead atoms. The highest BCUT2D eigenvalue weighted by Crippen LogP contribution is 2.32. The zero-order chi connectivity index (χ0) is 21.7. The van der Waals surface area contributed by atoms with E-state index in [1.54, 1.807) is 60.7 Å². The van der Waals surface area contributed by atoms with E-state index in [0.29, 0.717) is 44.9 Å². The normalized spacial score (nSPS) is 10.4. The highest BCUT2D eigenvalue weighted by molar-refractivity contribution is 6.31. The molecule has 3 aromatic rings. The van der Waals surface area contributed by atoms with Crippen molar-refractivity contribution in [1.29, 1.82) is 0 Å². The van der Waals surface area contributed by atoms with Gasteiger partial charge in [-0.15, -0.1) is 0 Å². The first-order valence-electron chi connectivity index (χ1n) is 9.28. The van der Waals surface area contributed by atoms with Crippen LogP contribution in [0.15, 0.2) is 60.7 Å². The van der Waals surface area contributed by atoms with E-state index < -0.39 is 0 Å². The number of hydrogen-bond donors (Lipinski definition) is 2. The topological polar surface area (TPSA) is 67.4 Å². The Balaban J connectivity index is 1.84. The van der Waals surface area contributed by atoms with Crippen LogP contribution in [-0.4, -0.2) is 18.4 Å². The molecule has 7 heteroatoms. The zero-order valence-electron chi connectivity index (χ0n) is 16.5. The predicted octanol–water partition coefficient (Wildman–Crippen LogP) is 6.21. The maximum absolute atomic E-state index is 12.6. The number of ether oxygens (including phenoxy) is 1. The lowest BCUT2D eigenvalue weighted by molar-refractivity contribution is 0.101. The average molecular weight is 443 g/mol. The largest absolute Gasteiger partial charge is 0.492 e. The van der Waals surface area contributed by atoms with Crippen LogP contribution >= 0.6 is 23.2 Å². The van der Waals surface area contributed by atoms with E-state index in [0.717, 1.165) is 5.56 Å². The molecule has 0 aliphatic heterocycles. The summed E-state index contributed by atoms with van der Waals surface area (Å²) >= 11 is 11.8. The third-order valence-electron chi connectivity index (χ3n) is 4.34. The molecule has 30 heavy (non-hydrogen) atoms. The van der Waals surface area contributed by atoms with Gasteiger partial charge in [0.1, 0.15) is 5.75 Å². The molecule has 2 N–H and O–H groups in total. The molecule has 5 nitrogen and oxygen atoms in total. The van der Waals surface area contributed by atoms with Crippen molar-refractivity contribution in [3.8, 4) is 5.75 Å². The minimum absolute atomic E-state index is 0.268. The summed E-state index contributed by atoms with van der Waals surface area (Å²) in [4.78, 5) is 25.1. The summed E-state index contributed by atoms with van der Waals surface area (Å²) in [6.07, 6.45) is 0. The van der Waals surface area contributed by atoms with Gasteiger partial charge in [-0.1, -0.05) is 23.2 Å². The fourth-order valence-corrected chi connectivity index (χ4v) is 3.04. The van der Waals surface area contributed by atoms with Crippen LogP contribution in [0.2, 0.25) is 10.0 Å². The lowest BCUT2D eigenvalue weighted by Gasteiger charge is -2.16. The first-order chi connectivity index (χ1) is 14.4. The fourth-order valence-electron chi connectivity index (χ4n) is 2.79. The lowest BCUT2D eigenvalue weighted by atomic mass is 10.1. The molecule has 0 radical (unpaired) electrons. The van der Waals surface area contributed by atoms with Gasteiger partial charge in [-0.3, -0.25) is 9.59 Å². The van der Waals surface area contributed by atoms with Gasteiger partial charge < -0.3 is 15.4 Å². The molecule has 0 saturated carbocycles. The minimum Gasteiger partial charge on any atom is -0.492 e. The number of rotatable bonds is 6. The molecule has 0 saturated heterocycles. The summed E-state index contributed by atoms with van der Waals surface area (Å²) in [6.45, 7) is 4.08. The molecule has 3 rings (SSSR count). The number of nitrogens with one attached hydrogen (secondary N) is 2. The van der Waals surface area contributed by atoms with E-state index in [9.17, 15) is 9.59 Å². The quantitative estimate of drug-likeness (QED) is 0.476. The molecule has 2 amide bonds. The Bertz CT molecular complexity index is 1070. The summed E-state index contributed by atoms with van der Waals surface area (Å²) < 4.78 is 5.69. The van der Waals surface area contributed by atoms with Crippen LogP contribution in [0.4, 0.5) is 11.4 Å². The zero-order valence-corrected chi connectivity index (χ0v) is 18.0. The van der Waals surface area contributed by atoms with Gasteiger partial charge in [0.15, 0.2) is 0 Å². The Morgan fingerprint density at radius 3 is 1.73 bits per heavy atom. The van der Waals surface area contributed by atoms with E-state index in [-0.39, 0.29) is 11.8 Å². The van der Waals surface area contributed by atoms with E-state index in [1.165, 1.54) is 0 Å². The predicted molar refractivity (Wildman–Crippen MR) is 121 cm³/mol. The molecule has 3 aromatic carbocycles. The van der Waals surface area contributed by atoms with Gasteiger partial charge >= 0.3 is 0 Å². The van der Waals surface area contributed by atoms with Crippen LogP contribution in [0.5, 0.6) is 5.75 Å². The fraction of sp³-hybridized carbons (Fsp3) is 0.130. The lowest BCUT2D eigenvalue weighted by Crippen LogP contribution is -2.15. The number of hydrogen-bond acceptors (Lipinski definition) is 3. The molecule has 0 aromatic heterocycles. The monoisotopic (exact) mass is 442 g/mol. The first kappa shape index (κ1) is 21.7. The number of carbonyl (C=O) groups is 2. The Morgan fingerprint density at radius 2 is 1.27 bits per heavy atom. The summed E-state index contributed by atoms with van der Waals surface area (Å²) in [5.74, 6) is -0.100. The van der Waals surface area contributed by atoms with E-state index in [2.05, 4.69) is 10.6 Å². The van der Waals surface area contributed by atoms with Crippen molar-refractivity contribution in [3.63, 3.8) is 0 Å². The highest BCUT2D eigenvalue weighted by Gasteiger charge is 2.15. The van der Waals surface area contributed by atoms with Crippen molar-refractivity contribution in [3.05, 3.63) is 87.4 Å². The van der Waals surface area contributed by atoms with Gasteiger partial charge in [0, 0.05) is 32.9 Å².